The summed E-state index contributed by atoms with van der Waals surface area (Å²) in [5, 5.41) is 3.12. The van der Waals surface area contributed by atoms with Gasteiger partial charge in [0.2, 0.25) is 0 Å². The zero-order valence-corrected chi connectivity index (χ0v) is 8.69. The molecule has 2 nitrogen and oxygen atoms in total. The molecule has 68 valence electrons. The van der Waals surface area contributed by atoms with Gasteiger partial charge in [0.25, 0.3) is 0 Å². The third kappa shape index (κ3) is 2.29. The van der Waals surface area contributed by atoms with Gasteiger partial charge in [-0.25, -0.2) is 4.98 Å². The number of aromatic nitrogens is 1. The molecule has 1 aromatic heterocycles. The smallest absolute Gasteiger partial charge is 0.0943 e. The van der Waals surface area contributed by atoms with Crippen LogP contribution in [0.25, 0.3) is 0 Å². The van der Waals surface area contributed by atoms with Gasteiger partial charge < -0.3 is 5.73 Å². The molecule has 0 spiro atoms. The minimum absolute atomic E-state index is 0.127. The van der Waals surface area contributed by atoms with Gasteiger partial charge in [-0.1, -0.05) is 13.8 Å². The molecule has 0 aliphatic heterocycles. The van der Waals surface area contributed by atoms with E-state index in [2.05, 4.69) is 25.8 Å². The Morgan fingerprint density at radius 2 is 2.33 bits per heavy atom. The first-order chi connectivity index (χ1) is 5.52. The molecule has 2 N–H and O–H groups in total. The minimum Gasteiger partial charge on any atom is -0.325 e. The van der Waals surface area contributed by atoms with Gasteiger partial charge in [-0.3, -0.25) is 0 Å². The highest BCUT2D eigenvalue weighted by molar-refractivity contribution is 7.09. The Hall–Kier alpha value is -0.410. The Balaban J connectivity index is 2.62. The van der Waals surface area contributed by atoms with Crippen LogP contribution >= 0.6 is 11.3 Å². The minimum atomic E-state index is -0.127. The molecule has 0 radical (unpaired) electrons. The van der Waals surface area contributed by atoms with E-state index in [4.69, 9.17) is 5.73 Å². The van der Waals surface area contributed by atoms with E-state index in [1.54, 1.807) is 11.3 Å². The van der Waals surface area contributed by atoms with Crippen LogP contribution in [0, 0.1) is 5.92 Å². The molecule has 0 amide bonds. The quantitative estimate of drug-likeness (QED) is 0.781. The van der Waals surface area contributed by atoms with Gasteiger partial charge in [0.15, 0.2) is 0 Å². The highest BCUT2D eigenvalue weighted by atomic mass is 32.1. The molecule has 1 rings (SSSR count). The van der Waals surface area contributed by atoms with Crippen molar-refractivity contribution in [1.82, 2.24) is 4.98 Å². The van der Waals surface area contributed by atoms with Crippen LogP contribution in [-0.2, 0) is 6.42 Å². The lowest BCUT2D eigenvalue weighted by atomic mass is 9.87. The van der Waals surface area contributed by atoms with E-state index in [1.165, 1.54) is 0 Å². The molecule has 0 fully saturated rings. The zero-order valence-electron chi connectivity index (χ0n) is 7.87. The van der Waals surface area contributed by atoms with Gasteiger partial charge in [0.1, 0.15) is 0 Å². The summed E-state index contributed by atoms with van der Waals surface area (Å²) in [5.74, 6) is 0.487. The lowest BCUT2D eigenvalue weighted by Crippen LogP contribution is -2.43. The van der Waals surface area contributed by atoms with Gasteiger partial charge in [-0.2, -0.15) is 0 Å². The van der Waals surface area contributed by atoms with E-state index in [1.807, 2.05) is 11.6 Å². The van der Waals surface area contributed by atoms with E-state index in [9.17, 15) is 0 Å². The molecule has 0 saturated heterocycles. The van der Waals surface area contributed by atoms with E-state index in [-0.39, 0.29) is 5.54 Å². The fraction of sp³-hybridized carbons (Fsp3) is 0.667. The second kappa shape index (κ2) is 3.54. The van der Waals surface area contributed by atoms with E-state index < -0.39 is 0 Å². The predicted octanol–water partition coefficient (Wildman–Crippen LogP) is 2.06. The summed E-state index contributed by atoms with van der Waals surface area (Å²) in [5.41, 5.74) is 5.99. The first-order valence-electron chi connectivity index (χ1n) is 4.19. The van der Waals surface area contributed by atoms with Gasteiger partial charge in [-0.15, -0.1) is 11.3 Å². The number of rotatable bonds is 3. The topological polar surface area (TPSA) is 38.9 Å². The van der Waals surface area contributed by atoms with Gasteiger partial charge in [-0.05, 0) is 12.8 Å². The second-order valence-electron chi connectivity index (χ2n) is 3.76. The van der Waals surface area contributed by atoms with Crippen molar-refractivity contribution in [2.75, 3.05) is 0 Å². The summed E-state index contributed by atoms with van der Waals surface area (Å²) in [4.78, 5) is 4.22. The van der Waals surface area contributed by atoms with Gasteiger partial charge in [0, 0.05) is 23.5 Å². The summed E-state index contributed by atoms with van der Waals surface area (Å²) >= 11 is 1.68. The van der Waals surface area contributed by atoms with Gasteiger partial charge >= 0.3 is 0 Å². The molecule has 12 heavy (non-hydrogen) atoms. The summed E-state index contributed by atoms with van der Waals surface area (Å²) in [6, 6.07) is 0. The Morgan fingerprint density at radius 1 is 1.67 bits per heavy atom. The zero-order chi connectivity index (χ0) is 9.19. The van der Waals surface area contributed by atoms with Crippen molar-refractivity contribution in [3.05, 3.63) is 16.6 Å². The first-order valence-corrected chi connectivity index (χ1v) is 5.07. The molecular formula is C9H16N2S. The SMILES string of the molecule is CC(C)C(C)(N)Cc1nccs1. The maximum absolute atomic E-state index is 6.12. The number of hydrogen-bond donors (Lipinski definition) is 1. The Labute approximate surface area is 77.8 Å². The average molecular weight is 184 g/mol. The summed E-state index contributed by atoms with van der Waals surface area (Å²) in [6.07, 6.45) is 2.71. The predicted molar refractivity (Wildman–Crippen MR) is 53.2 cm³/mol. The van der Waals surface area contributed by atoms with Crippen LogP contribution in [0.3, 0.4) is 0 Å². The number of nitrogens with zero attached hydrogens (tertiary/aromatic N) is 1. The summed E-state index contributed by atoms with van der Waals surface area (Å²) < 4.78 is 0. The third-order valence-corrected chi connectivity index (χ3v) is 3.11. The molecule has 0 saturated carbocycles. The summed E-state index contributed by atoms with van der Waals surface area (Å²) in [7, 11) is 0. The van der Waals surface area contributed by atoms with Crippen LogP contribution in [0.15, 0.2) is 11.6 Å². The van der Waals surface area contributed by atoms with Crippen molar-refractivity contribution in [2.45, 2.75) is 32.7 Å². The lowest BCUT2D eigenvalue weighted by molar-refractivity contribution is 0.337. The second-order valence-corrected chi connectivity index (χ2v) is 4.74. The van der Waals surface area contributed by atoms with Crippen molar-refractivity contribution in [3.8, 4) is 0 Å². The van der Waals surface area contributed by atoms with E-state index >= 15 is 0 Å². The number of nitrogens with two attached hydrogens (primary N) is 1. The highest BCUT2D eigenvalue weighted by Crippen LogP contribution is 2.19. The average Bonchev–Trinajstić information content (AvgIpc) is 2.38. The van der Waals surface area contributed by atoms with Crippen molar-refractivity contribution < 1.29 is 0 Å². The largest absolute Gasteiger partial charge is 0.325 e. The molecule has 1 unspecified atom stereocenters. The van der Waals surface area contributed by atoms with Crippen LogP contribution in [-0.4, -0.2) is 10.5 Å². The molecule has 0 aliphatic carbocycles. The normalized spacial score (nSPS) is 16.4. The Bertz CT molecular complexity index is 227. The van der Waals surface area contributed by atoms with Crippen LogP contribution in [0.2, 0.25) is 0 Å². The van der Waals surface area contributed by atoms with Crippen molar-refractivity contribution in [3.63, 3.8) is 0 Å². The molecule has 0 aromatic carbocycles. The molecule has 0 aliphatic rings. The van der Waals surface area contributed by atoms with E-state index in [0.717, 1.165) is 11.4 Å². The first kappa shape index (κ1) is 9.68. The molecule has 1 heterocycles. The molecule has 1 atom stereocenters. The lowest BCUT2D eigenvalue weighted by Gasteiger charge is -2.27. The summed E-state index contributed by atoms with van der Waals surface area (Å²) in [6.45, 7) is 6.38. The standard InChI is InChI=1S/C9H16N2S/c1-7(2)9(3,10)6-8-11-4-5-12-8/h4-5,7H,6,10H2,1-3H3. The van der Waals surface area contributed by atoms with Crippen LogP contribution < -0.4 is 5.73 Å². The number of thiazole rings is 1. The van der Waals surface area contributed by atoms with Crippen molar-refractivity contribution in [1.29, 1.82) is 0 Å². The third-order valence-electron chi connectivity index (χ3n) is 2.33. The Morgan fingerprint density at radius 3 is 2.75 bits per heavy atom. The van der Waals surface area contributed by atoms with Crippen LogP contribution in [0.5, 0.6) is 0 Å². The van der Waals surface area contributed by atoms with Gasteiger partial charge in [0.05, 0.1) is 5.01 Å². The maximum atomic E-state index is 6.12. The fourth-order valence-corrected chi connectivity index (χ4v) is 1.67. The van der Waals surface area contributed by atoms with Crippen LogP contribution in [0.4, 0.5) is 0 Å². The highest BCUT2D eigenvalue weighted by Gasteiger charge is 2.24. The monoisotopic (exact) mass is 184 g/mol. The maximum Gasteiger partial charge on any atom is 0.0943 e. The number of hydrogen-bond acceptors (Lipinski definition) is 3. The molecule has 1 aromatic rings. The fourth-order valence-electron chi connectivity index (χ4n) is 0.870. The molecular weight excluding hydrogens is 168 g/mol. The molecule has 3 heteroatoms. The van der Waals surface area contributed by atoms with Crippen LogP contribution in [0.1, 0.15) is 25.8 Å². The molecule has 0 bridgehead atoms. The Kier molecular flexibility index (Phi) is 2.85. The van der Waals surface area contributed by atoms with Crippen molar-refractivity contribution in [2.24, 2.45) is 11.7 Å². The van der Waals surface area contributed by atoms with E-state index in [0.29, 0.717) is 5.92 Å². The van der Waals surface area contributed by atoms with Crippen molar-refractivity contribution >= 4 is 11.3 Å².